The molecule has 0 amide bonds. The molecule has 0 bridgehead atoms. The van der Waals surface area contributed by atoms with E-state index in [9.17, 15) is 4.79 Å². The second kappa shape index (κ2) is 4.56. The molecule has 0 saturated carbocycles. The van der Waals surface area contributed by atoms with Gasteiger partial charge in [0.15, 0.2) is 5.78 Å². The molecule has 2 aromatic carbocycles. The lowest BCUT2D eigenvalue weighted by Crippen LogP contribution is -1.91. The molecular weight excluding hydrogens is 260 g/mol. The molecule has 19 heavy (non-hydrogen) atoms. The van der Waals surface area contributed by atoms with E-state index < -0.39 is 0 Å². The van der Waals surface area contributed by atoms with Crippen LogP contribution in [0.25, 0.3) is 22.3 Å². The van der Waals surface area contributed by atoms with E-state index in [4.69, 9.17) is 16.0 Å². The van der Waals surface area contributed by atoms with Crippen LogP contribution in [-0.4, -0.2) is 5.78 Å². The molecule has 0 aliphatic carbocycles. The average molecular weight is 271 g/mol. The van der Waals surface area contributed by atoms with Gasteiger partial charge in [-0.05, 0) is 37.3 Å². The standard InChI is InChI=1S/C16H11ClO2/c1-10(18)11-3-2-4-12(7-11)16-9-13-8-14(17)5-6-15(13)19-16/h2-9H,1H3. The second-order valence-electron chi connectivity index (χ2n) is 4.43. The third-order valence-corrected chi connectivity index (χ3v) is 3.27. The Hall–Kier alpha value is -2.06. The van der Waals surface area contributed by atoms with E-state index >= 15 is 0 Å². The fourth-order valence-corrected chi connectivity index (χ4v) is 2.23. The van der Waals surface area contributed by atoms with Crippen molar-refractivity contribution in [3.8, 4) is 11.3 Å². The first-order valence-corrected chi connectivity index (χ1v) is 6.32. The zero-order valence-corrected chi connectivity index (χ0v) is 11.1. The van der Waals surface area contributed by atoms with Crippen molar-refractivity contribution in [2.24, 2.45) is 0 Å². The number of Topliss-reactive ketones (excluding diaryl/α,β-unsaturated/α-hetero) is 1. The van der Waals surface area contributed by atoms with Gasteiger partial charge in [0.1, 0.15) is 11.3 Å². The lowest BCUT2D eigenvalue weighted by atomic mass is 10.1. The summed E-state index contributed by atoms with van der Waals surface area (Å²) in [6.07, 6.45) is 0. The normalized spacial score (nSPS) is 10.8. The summed E-state index contributed by atoms with van der Waals surface area (Å²) in [5.41, 5.74) is 2.35. The SMILES string of the molecule is CC(=O)c1cccc(-c2cc3cc(Cl)ccc3o2)c1. The summed E-state index contributed by atoms with van der Waals surface area (Å²) >= 11 is 5.95. The number of fused-ring (bicyclic) bond motifs is 1. The highest BCUT2D eigenvalue weighted by Crippen LogP contribution is 2.29. The average Bonchev–Trinajstić information content (AvgIpc) is 2.81. The van der Waals surface area contributed by atoms with Gasteiger partial charge in [0.25, 0.3) is 0 Å². The smallest absolute Gasteiger partial charge is 0.159 e. The van der Waals surface area contributed by atoms with Gasteiger partial charge in [-0.1, -0.05) is 29.8 Å². The monoisotopic (exact) mass is 270 g/mol. The van der Waals surface area contributed by atoms with Crippen LogP contribution in [0.5, 0.6) is 0 Å². The first-order valence-electron chi connectivity index (χ1n) is 5.94. The highest BCUT2D eigenvalue weighted by Gasteiger charge is 2.08. The van der Waals surface area contributed by atoms with E-state index in [0.29, 0.717) is 10.6 Å². The van der Waals surface area contributed by atoms with Crippen LogP contribution < -0.4 is 0 Å². The molecule has 0 spiro atoms. The van der Waals surface area contributed by atoms with E-state index in [1.807, 2.05) is 36.4 Å². The number of rotatable bonds is 2. The topological polar surface area (TPSA) is 30.2 Å². The summed E-state index contributed by atoms with van der Waals surface area (Å²) in [4.78, 5) is 11.4. The summed E-state index contributed by atoms with van der Waals surface area (Å²) in [6, 6.07) is 14.8. The third kappa shape index (κ3) is 2.27. The lowest BCUT2D eigenvalue weighted by Gasteiger charge is -1.99. The Labute approximate surface area is 115 Å². The minimum absolute atomic E-state index is 0.0426. The number of carbonyl (C=O) groups excluding carboxylic acids is 1. The Morgan fingerprint density at radius 2 is 1.95 bits per heavy atom. The fraction of sp³-hybridized carbons (Fsp3) is 0.0625. The van der Waals surface area contributed by atoms with Gasteiger partial charge in [-0.2, -0.15) is 0 Å². The molecule has 94 valence electrons. The van der Waals surface area contributed by atoms with Crippen LogP contribution in [0.1, 0.15) is 17.3 Å². The van der Waals surface area contributed by atoms with Crippen molar-refractivity contribution in [1.82, 2.24) is 0 Å². The fourth-order valence-electron chi connectivity index (χ4n) is 2.05. The number of halogens is 1. The van der Waals surface area contributed by atoms with Crippen LogP contribution in [0.2, 0.25) is 5.02 Å². The van der Waals surface area contributed by atoms with Crippen molar-refractivity contribution < 1.29 is 9.21 Å². The molecule has 0 aliphatic heterocycles. The second-order valence-corrected chi connectivity index (χ2v) is 4.87. The summed E-state index contributed by atoms with van der Waals surface area (Å²) in [6.45, 7) is 1.55. The molecule has 3 aromatic rings. The molecule has 0 saturated heterocycles. The molecule has 0 aliphatic rings. The molecule has 3 heteroatoms. The van der Waals surface area contributed by atoms with Crippen molar-refractivity contribution in [3.63, 3.8) is 0 Å². The first-order chi connectivity index (χ1) is 9.13. The quantitative estimate of drug-likeness (QED) is 0.616. The zero-order chi connectivity index (χ0) is 13.4. The van der Waals surface area contributed by atoms with Crippen LogP contribution >= 0.6 is 11.6 Å². The molecule has 2 nitrogen and oxygen atoms in total. The predicted octanol–water partition coefficient (Wildman–Crippen LogP) is 4.96. The van der Waals surface area contributed by atoms with E-state index in [1.165, 1.54) is 0 Å². The van der Waals surface area contributed by atoms with E-state index in [0.717, 1.165) is 22.3 Å². The van der Waals surface area contributed by atoms with E-state index in [-0.39, 0.29) is 5.78 Å². The van der Waals surface area contributed by atoms with Crippen molar-refractivity contribution in [1.29, 1.82) is 0 Å². The molecule has 0 fully saturated rings. The number of hydrogen-bond donors (Lipinski definition) is 0. The summed E-state index contributed by atoms with van der Waals surface area (Å²) in [7, 11) is 0. The minimum Gasteiger partial charge on any atom is -0.456 e. The summed E-state index contributed by atoms with van der Waals surface area (Å²) < 4.78 is 5.77. The van der Waals surface area contributed by atoms with Crippen LogP contribution in [0.3, 0.4) is 0 Å². The number of ketones is 1. The third-order valence-electron chi connectivity index (χ3n) is 3.03. The molecule has 3 rings (SSSR count). The molecule has 1 aromatic heterocycles. The van der Waals surface area contributed by atoms with Crippen LogP contribution in [-0.2, 0) is 0 Å². The maximum atomic E-state index is 11.4. The van der Waals surface area contributed by atoms with Gasteiger partial charge in [-0.3, -0.25) is 4.79 Å². The highest BCUT2D eigenvalue weighted by atomic mass is 35.5. The van der Waals surface area contributed by atoms with Gasteiger partial charge in [0.05, 0.1) is 0 Å². The van der Waals surface area contributed by atoms with Crippen LogP contribution in [0.15, 0.2) is 52.9 Å². The minimum atomic E-state index is 0.0426. The first kappa shape index (κ1) is 12.0. The van der Waals surface area contributed by atoms with Crippen LogP contribution in [0, 0.1) is 0 Å². The van der Waals surface area contributed by atoms with Gasteiger partial charge in [-0.15, -0.1) is 0 Å². The van der Waals surface area contributed by atoms with Crippen molar-refractivity contribution >= 4 is 28.4 Å². The lowest BCUT2D eigenvalue weighted by molar-refractivity contribution is 0.101. The van der Waals surface area contributed by atoms with Gasteiger partial charge >= 0.3 is 0 Å². The molecule has 0 unspecified atom stereocenters. The van der Waals surface area contributed by atoms with Crippen molar-refractivity contribution in [3.05, 3.63) is 59.1 Å². The number of benzene rings is 2. The maximum Gasteiger partial charge on any atom is 0.159 e. The highest BCUT2D eigenvalue weighted by molar-refractivity contribution is 6.31. The zero-order valence-electron chi connectivity index (χ0n) is 10.3. The Morgan fingerprint density at radius 1 is 1.11 bits per heavy atom. The van der Waals surface area contributed by atoms with Crippen molar-refractivity contribution in [2.45, 2.75) is 6.92 Å². The number of carbonyl (C=O) groups is 1. The maximum absolute atomic E-state index is 11.4. The Morgan fingerprint density at radius 3 is 2.74 bits per heavy atom. The Kier molecular flexibility index (Phi) is 2.88. The van der Waals surface area contributed by atoms with Crippen LogP contribution in [0.4, 0.5) is 0 Å². The Balaban J connectivity index is 2.13. The van der Waals surface area contributed by atoms with Gasteiger partial charge in [0.2, 0.25) is 0 Å². The molecule has 0 radical (unpaired) electrons. The number of hydrogen-bond acceptors (Lipinski definition) is 2. The summed E-state index contributed by atoms with van der Waals surface area (Å²) in [5.74, 6) is 0.779. The molecule has 1 heterocycles. The molecule has 0 N–H and O–H groups in total. The molecular formula is C16H11ClO2. The van der Waals surface area contributed by atoms with Gasteiger partial charge in [0, 0.05) is 21.5 Å². The van der Waals surface area contributed by atoms with E-state index in [2.05, 4.69) is 0 Å². The number of furan rings is 1. The van der Waals surface area contributed by atoms with Gasteiger partial charge < -0.3 is 4.42 Å². The largest absolute Gasteiger partial charge is 0.456 e. The Bertz CT molecular complexity index is 771. The van der Waals surface area contributed by atoms with Crippen molar-refractivity contribution in [2.75, 3.05) is 0 Å². The van der Waals surface area contributed by atoms with E-state index in [1.54, 1.807) is 19.1 Å². The predicted molar refractivity (Wildman–Crippen MR) is 76.7 cm³/mol. The molecule has 0 atom stereocenters. The van der Waals surface area contributed by atoms with Gasteiger partial charge in [-0.25, -0.2) is 0 Å². The summed E-state index contributed by atoms with van der Waals surface area (Å²) in [5, 5.41) is 1.63.